The number of halogens is 2. The highest BCUT2D eigenvalue weighted by Crippen LogP contribution is 2.38. The Labute approximate surface area is 179 Å². The highest BCUT2D eigenvalue weighted by atomic mass is 35.5. The van der Waals surface area contributed by atoms with Crippen molar-refractivity contribution >= 4 is 26.0 Å². The Hall–Kier alpha value is -1.22. The lowest BCUT2D eigenvalue weighted by Gasteiger charge is -2.39. The normalized spacial score (nSPS) is 15.0. The van der Waals surface area contributed by atoms with Gasteiger partial charge in [-0.15, -0.1) is 0 Å². The summed E-state index contributed by atoms with van der Waals surface area (Å²) in [6.07, 6.45) is -2.18. The van der Waals surface area contributed by atoms with Crippen LogP contribution in [0.1, 0.15) is 59.6 Å². The molecule has 1 aromatic heterocycles. The van der Waals surface area contributed by atoms with E-state index >= 15 is 0 Å². The molecule has 6 nitrogen and oxygen atoms in total. The first-order valence-corrected chi connectivity index (χ1v) is 12.9. The van der Waals surface area contributed by atoms with Crippen LogP contribution in [0.2, 0.25) is 23.3 Å². The summed E-state index contributed by atoms with van der Waals surface area (Å²) < 4.78 is 25.7. The van der Waals surface area contributed by atoms with Crippen LogP contribution in [0.4, 0.5) is 9.18 Å². The van der Waals surface area contributed by atoms with Gasteiger partial charge in [-0.1, -0.05) is 32.4 Å². The first kappa shape index (κ1) is 25.8. The topological polar surface area (TPSA) is 80.7 Å². The van der Waals surface area contributed by atoms with Gasteiger partial charge >= 0.3 is 6.09 Å². The minimum Gasteiger partial charge on any atom is -0.444 e. The summed E-state index contributed by atoms with van der Waals surface area (Å²) in [7, 11) is -2.21. The molecule has 0 aliphatic heterocycles. The molecule has 0 radical (unpaired) electrons. The summed E-state index contributed by atoms with van der Waals surface area (Å²) in [4.78, 5) is 15.6. The largest absolute Gasteiger partial charge is 0.444 e. The van der Waals surface area contributed by atoms with Crippen molar-refractivity contribution < 1.29 is 23.5 Å². The molecule has 2 N–H and O–H groups in total. The number of aromatic nitrogens is 1. The predicted octanol–water partition coefficient (Wildman–Crippen LogP) is 5.21. The molecule has 0 bridgehead atoms. The van der Waals surface area contributed by atoms with E-state index in [4.69, 9.17) is 20.8 Å². The Morgan fingerprint density at radius 1 is 1.28 bits per heavy atom. The van der Waals surface area contributed by atoms with Gasteiger partial charge in [-0.3, -0.25) is 0 Å². The highest BCUT2D eigenvalue weighted by molar-refractivity contribution is 6.74. The fourth-order valence-electron chi connectivity index (χ4n) is 2.33. The molecular formula is C20H34ClFN2O4Si. The zero-order valence-corrected chi connectivity index (χ0v) is 20.4. The van der Waals surface area contributed by atoms with E-state index in [1.54, 1.807) is 20.8 Å². The van der Waals surface area contributed by atoms with E-state index in [-0.39, 0.29) is 28.7 Å². The van der Waals surface area contributed by atoms with E-state index in [0.29, 0.717) is 0 Å². The number of carbonyl (C=O) groups is 1. The number of aliphatic hydroxyl groups excluding tert-OH is 1. The summed E-state index contributed by atoms with van der Waals surface area (Å²) in [5, 5.41) is 13.2. The number of carbonyl (C=O) groups excluding carboxylic acids is 1. The monoisotopic (exact) mass is 448 g/mol. The van der Waals surface area contributed by atoms with Crippen LogP contribution >= 0.6 is 11.6 Å². The van der Waals surface area contributed by atoms with E-state index in [1.807, 2.05) is 0 Å². The second-order valence-corrected chi connectivity index (χ2v) is 14.8. The molecule has 0 aromatic carbocycles. The van der Waals surface area contributed by atoms with Gasteiger partial charge in [-0.2, -0.15) is 4.39 Å². The van der Waals surface area contributed by atoms with Crippen molar-refractivity contribution in [2.45, 2.75) is 83.9 Å². The third-order valence-corrected chi connectivity index (χ3v) is 9.57. The molecule has 1 rings (SSSR count). The van der Waals surface area contributed by atoms with Crippen LogP contribution in [0.5, 0.6) is 0 Å². The standard InChI is InChI=1S/C20H34ClFN2O4Si/c1-19(2,3)27-18(26)23-12-13(28-29(7,8)20(4,5)6)11-15(25)14-9-10-16(21)24-17(14)22/h9-10,13,15,25H,11-12H2,1-8H3,(H,23,26). The van der Waals surface area contributed by atoms with Crippen molar-refractivity contribution in [2.24, 2.45) is 0 Å². The van der Waals surface area contributed by atoms with Gasteiger partial charge < -0.3 is 19.6 Å². The maximum Gasteiger partial charge on any atom is 0.407 e. The van der Waals surface area contributed by atoms with Crippen LogP contribution < -0.4 is 5.32 Å². The first-order valence-electron chi connectivity index (χ1n) is 9.66. The third-order valence-electron chi connectivity index (χ3n) is 4.83. The average molecular weight is 449 g/mol. The Balaban J connectivity index is 2.95. The quantitative estimate of drug-likeness (QED) is 0.442. The van der Waals surface area contributed by atoms with Crippen molar-refractivity contribution in [1.82, 2.24) is 10.3 Å². The van der Waals surface area contributed by atoms with Crippen LogP contribution in [0.15, 0.2) is 12.1 Å². The number of hydrogen-bond donors (Lipinski definition) is 2. The van der Waals surface area contributed by atoms with E-state index in [2.05, 4.69) is 44.2 Å². The lowest BCUT2D eigenvalue weighted by Crippen LogP contribution is -2.48. The van der Waals surface area contributed by atoms with Gasteiger partial charge in [-0.25, -0.2) is 9.78 Å². The molecule has 2 unspecified atom stereocenters. The fraction of sp³-hybridized carbons (Fsp3) is 0.700. The van der Waals surface area contributed by atoms with Gasteiger partial charge in [-0.05, 0) is 51.0 Å². The summed E-state index contributed by atoms with van der Waals surface area (Å²) >= 11 is 5.69. The predicted molar refractivity (Wildman–Crippen MR) is 115 cm³/mol. The van der Waals surface area contributed by atoms with Crippen LogP contribution in [0.3, 0.4) is 0 Å². The molecule has 2 atom stereocenters. The minimum atomic E-state index is -2.21. The van der Waals surface area contributed by atoms with Gasteiger partial charge in [0.15, 0.2) is 8.32 Å². The summed E-state index contributed by atoms with van der Waals surface area (Å²) in [5.41, 5.74) is -0.590. The smallest absolute Gasteiger partial charge is 0.407 e. The molecule has 29 heavy (non-hydrogen) atoms. The highest BCUT2D eigenvalue weighted by Gasteiger charge is 2.39. The Morgan fingerprint density at radius 2 is 1.86 bits per heavy atom. The fourth-order valence-corrected chi connectivity index (χ4v) is 3.83. The average Bonchev–Trinajstić information content (AvgIpc) is 2.49. The maximum atomic E-state index is 14.1. The second kappa shape index (κ2) is 9.72. The molecular weight excluding hydrogens is 415 g/mol. The van der Waals surface area contributed by atoms with Gasteiger partial charge in [0.1, 0.15) is 10.8 Å². The van der Waals surface area contributed by atoms with Gasteiger partial charge in [0, 0.05) is 18.5 Å². The van der Waals surface area contributed by atoms with Crippen molar-refractivity contribution in [3.8, 4) is 0 Å². The van der Waals surface area contributed by atoms with Crippen LogP contribution in [-0.2, 0) is 9.16 Å². The van der Waals surface area contributed by atoms with Crippen molar-refractivity contribution in [3.63, 3.8) is 0 Å². The lowest BCUT2D eigenvalue weighted by molar-refractivity contribution is 0.0450. The molecule has 166 valence electrons. The summed E-state index contributed by atoms with van der Waals surface area (Å²) in [6, 6.07) is 2.83. The molecule has 0 aliphatic carbocycles. The number of aliphatic hydroxyl groups is 1. The third kappa shape index (κ3) is 8.58. The molecule has 9 heteroatoms. The van der Waals surface area contributed by atoms with Crippen LogP contribution in [0, 0.1) is 5.95 Å². The van der Waals surface area contributed by atoms with Crippen molar-refractivity contribution in [2.75, 3.05) is 6.54 Å². The molecule has 1 heterocycles. The Morgan fingerprint density at radius 3 is 2.34 bits per heavy atom. The second-order valence-electron chi connectivity index (χ2n) is 9.65. The SMILES string of the molecule is CC(C)(C)OC(=O)NCC(CC(O)c1ccc(Cl)nc1F)O[Si](C)(C)C(C)(C)C. The van der Waals surface area contributed by atoms with E-state index in [0.717, 1.165) is 0 Å². The zero-order chi connectivity index (χ0) is 22.6. The molecule has 0 aliphatic rings. The molecule has 1 aromatic rings. The molecule has 1 amide bonds. The number of rotatable bonds is 7. The first-order chi connectivity index (χ1) is 13.0. The lowest BCUT2D eigenvalue weighted by atomic mass is 10.0. The number of nitrogens with zero attached hydrogens (tertiary/aromatic N) is 1. The zero-order valence-electron chi connectivity index (χ0n) is 18.6. The summed E-state index contributed by atoms with van der Waals surface area (Å²) in [5.74, 6) is -0.823. The van der Waals surface area contributed by atoms with Crippen LogP contribution in [0.25, 0.3) is 0 Å². The number of amides is 1. The van der Waals surface area contributed by atoms with E-state index in [9.17, 15) is 14.3 Å². The molecule has 0 spiro atoms. The Bertz CT molecular complexity index is 705. The van der Waals surface area contributed by atoms with E-state index in [1.165, 1.54) is 12.1 Å². The van der Waals surface area contributed by atoms with Crippen LogP contribution in [-0.4, -0.2) is 42.8 Å². The van der Waals surface area contributed by atoms with Gasteiger partial charge in [0.2, 0.25) is 5.95 Å². The molecule has 0 saturated heterocycles. The number of nitrogens with one attached hydrogen (secondary N) is 1. The number of pyridine rings is 1. The number of alkyl carbamates (subject to hydrolysis) is 1. The van der Waals surface area contributed by atoms with E-state index < -0.39 is 38.2 Å². The maximum absolute atomic E-state index is 14.1. The molecule has 0 fully saturated rings. The summed E-state index contributed by atoms with van der Waals surface area (Å²) in [6.45, 7) is 15.9. The van der Waals surface area contributed by atoms with Gasteiger partial charge in [0.25, 0.3) is 0 Å². The molecule has 0 saturated carbocycles. The number of hydrogen-bond acceptors (Lipinski definition) is 5. The van der Waals surface area contributed by atoms with Crippen molar-refractivity contribution in [3.05, 3.63) is 28.8 Å². The van der Waals surface area contributed by atoms with Crippen molar-refractivity contribution in [1.29, 1.82) is 0 Å². The number of ether oxygens (including phenoxy) is 1. The van der Waals surface area contributed by atoms with Gasteiger partial charge in [0.05, 0.1) is 12.2 Å². The minimum absolute atomic E-state index is 0.0131. The Kier molecular flexibility index (Phi) is 8.65.